The van der Waals surface area contributed by atoms with Crippen LogP contribution in [0.3, 0.4) is 0 Å². The number of fused-ring (bicyclic) bond motifs is 1. The van der Waals surface area contributed by atoms with Crippen LogP contribution in [-0.4, -0.2) is 72.1 Å². The molecule has 2 aliphatic rings. The van der Waals surface area contributed by atoms with Crippen molar-refractivity contribution in [1.29, 1.82) is 0 Å². The number of halogens is 1. The number of sulfone groups is 1. The van der Waals surface area contributed by atoms with Crippen LogP contribution in [0.5, 0.6) is 0 Å². The minimum Gasteiger partial charge on any atom is -0.445 e. The molecule has 2 aliphatic heterocycles. The van der Waals surface area contributed by atoms with E-state index in [-0.39, 0.29) is 29.6 Å². The van der Waals surface area contributed by atoms with E-state index >= 15 is 0 Å². The normalized spacial score (nSPS) is 18.2. The molecule has 0 aliphatic carbocycles. The first-order valence-corrected chi connectivity index (χ1v) is 18.9. The fourth-order valence-electron chi connectivity index (χ4n) is 6.09. The molecule has 52 heavy (non-hydrogen) atoms. The lowest BCUT2D eigenvalue weighted by molar-refractivity contribution is -0.120. The van der Waals surface area contributed by atoms with Gasteiger partial charge in [0.25, 0.3) is 5.91 Å². The standard InChI is InChI=1S/C37H40ClN5O8S/c1-36(2,3)51-34(45)39-28-23-52(47,48)30-15-12-26(20-29(30)43(32(28)44)21-24-10-13-27(38)14-11-24)31-40-41-33(50-31)37(4)16-18-42(19-17-37)35(46)49-22-25-8-6-5-7-9-25/h5-15,20,28H,16-19,21-23H2,1-4H3,(H,39,45)/t28-/m0/s1. The van der Waals surface area contributed by atoms with Crippen LogP contribution >= 0.6 is 11.6 Å². The summed E-state index contributed by atoms with van der Waals surface area (Å²) in [5.74, 6) is -0.812. The predicted molar refractivity (Wildman–Crippen MR) is 192 cm³/mol. The quantitative estimate of drug-likeness (QED) is 0.227. The van der Waals surface area contributed by atoms with Gasteiger partial charge in [-0.25, -0.2) is 18.0 Å². The van der Waals surface area contributed by atoms with Crippen LogP contribution in [0, 0.1) is 0 Å². The second-order valence-electron chi connectivity index (χ2n) is 14.2. The topological polar surface area (TPSA) is 161 Å². The molecular weight excluding hydrogens is 710 g/mol. The number of benzene rings is 3. The van der Waals surface area contributed by atoms with Gasteiger partial charge in [-0.05, 0) is 75.1 Å². The fraction of sp³-hybridized carbons (Fsp3) is 0.378. The second kappa shape index (κ2) is 14.6. The van der Waals surface area contributed by atoms with E-state index in [1.54, 1.807) is 56.0 Å². The Balaban J connectivity index is 1.24. The van der Waals surface area contributed by atoms with Gasteiger partial charge >= 0.3 is 12.2 Å². The van der Waals surface area contributed by atoms with Gasteiger partial charge in [-0.15, -0.1) is 10.2 Å². The number of carbonyl (C=O) groups is 3. The summed E-state index contributed by atoms with van der Waals surface area (Å²) in [4.78, 5) is 42.5. The minimum atomic E-state index is -4.10. The van der Waals surface area contributed by atoms with Gasteiger partial charge < -0.3 is 29.0 Å². The van der Waals surface area contributed by atoms with E-state index in [9.17, 15) is 22.8 Å². The molecule has 0 radical (unpaired) electrons. The van der Waals surface area contributed by atoms with Gasteiger partial charge in [0.1, 0.15) is 18.2 Å². The van der Waals surface area contributed by atoms with Crippen molar-refractivity contribution in [2.45, 2.75) is 75.6 Å². The third-order valence-electron chi connectivity index (χ3n) is 9.00. The van der Waals surface area contributed by atoms with Crippen molar-refractivity contribution in [3.05, 3.63) is 94.8 Å². The third-order valence-corrected chi connectivity index (χ3v) is 11.0. The van der Waals surface area contributed by atoms with E-state index in [4.69, 9.17) is 25.5 Å². The third kappa shape index (κ3) is 8.39. The molecule has 3 aromatic carbocycles. The number of carbonyl (C=O) groups excluding carboxylic acids is 3. The summed E-state index contributed by atoms with van der Waals surface area (Å²) >= 11 is 6.10. The van der Waals surface area contributed by atoms with Crippen LogP contribution in [0.15, 0.2) is 82.1 Å². The maximum absolute atomic E-state index is 14.1. The highest BCUT2D eigenvalue weighted by Gasteiger charge is 2.41. The zero-order valence-electron chi connectivity index (χ0n) is 29.3. The Morgan fingerprint density at radius 2 is 1.69 bits per heavy atom. The molecule has 4 aromatic rings. The number of alkyl carbamates (subject to hydrolysis) is 1. The number of rotatable bonds is 7. The van der Waals surface area contributed by atoms with Crippen molar-refractivity contribution in [3.63, 3.8) is 0 Å². The number of amides is 3. The smallest absolute Gasteiger partial charge is 0.410 e. The number of anilines is 1. The lowest BCUT2D eigenvalue weighted by Gasteiger charge is -2.36. The summed E-state index contributed by atoms with van der Waals surface area (Å²) < 4.78 is 44.6. The molecule has 1 fully saturated rings. The van der Waals surface area contributed by atoms with E-state index < -0.39 is 50.7 Å². The molecular formula is C37H40ClN5O8S. The van der Waals surface area contributed by atoms with E-state index in [0.29, 0.717) is 48.0 Å². The molecule has 0 saturated carbocycles. The minimum absolute atomic E-state index is 0.0219. The lowest BCUT2D eigenvalue weighted by atomic mass is 9.80. The summed E-state index contributed by atoms with van der Waals surface area (Å²) in [6.45, 7) is 8.01. The first-order chi connectivity index (χ1) is 24.6. The number of nitrogens with one attached hydrogen (secondary N) is 1. The zero-order chi connectivity index (χ0) is 37.3. The Labute approximate surface area is 307 Å². The molecule has 274 valence electrons. The molecule has 0 bridgehead atoms. The maximum atomic E-state index is 14.1. The predicted octanol–water partition coefficient (Wildman–Crippen LogP) is 6.29. The first-order valence-electron chi connectivity index (χ1n) is 16.8. The summed E-state index contributed by atoms with van der Waals surface area (Å²) in [5, 5.41) is 11.6. The largest absolute Gasteiger partial charge is 0.445 e. The number of hydrogen-bond acceptors (Lipinski definition) is 10. The summed E-state index contributed by atoms with van der Waals surface area (Å²) in [7, 11) is -4.10. The molecule has 1 saturated heterocycles. The molecule has 1 aromatic heterocycles. The van der Waals surface area contributed by atoms with Crippen molar-refractivity contribution in [1.82, 2.24) is 20.4 Å². The van der Waals surface area contributed by atoms with Gasteiger partial charge in [0, 0.05) is 29.1 Å². The van der Waals surface area contributed by atoms with Gasteiger partial charge in [0.2, 0.25) is 11.8 Å². The molecule has 3 amide bonds. The van der Waals surface area contributed by atoms with Crippen LogP contribution in [0.25, 0.3) is 11.5 Å². The summed E-state index contributed by atoms with van der Waals surface area (Å²) in [6, 6.07) is 19.3. The Morgan fingerprint density at radius 1 is 1.00 bits per heavy atom. The van der Waals surface area contributed by atoms with E-state index in [2.05, 4.69) is 15.5 Å². The molecule has 1 N–H and O–H groups in total. The SMILES string of the molecule is CC(C)(C)OC(=O)N[C@H]1CS(=O)(=O)c2ccc(-c3nnc(C4(C)CCN(C(=O)OCc5ccccc5)CC4)o3)cc2N(Cc2ccc(Cl)cc2)C1=O. The average Bonchev–Trinajstić information content (AvgIpc) is 3.59. The first kappa shape index (κ1) is 36.8. The number of aromatic nitrogens is 2. The number of nitrogens with zero attached hydrogens (tertiary/aromatic N) is 4. The van der Waals surface area contributed by atoms with E-state index in [1.165, 1.54) is 17.0 Å². The second-order valence-corrected chi connectivity index (χ2v) is 16.7. The van der Waals surface area contributed by atoms with Gasteiger partial charge in [-0.2, -0.15) is 0 Å². The van der Waals surface area contributed by atoms with Crippen LogP contribution < -0.4 is 10.2 Å². The molecule has 15 heteroatoms. The summed E-state index contributed by atoms with van der Waals surface area (Å²) in [6.07, 6.45) is -0.209. The lowest BCUT2D eigenvalue weighted by Crippen LogP contribution is -2.51. The number of hydrogen-bond donors (Lipinski definition) is 1. The van der Waals surface area contributed by atoms with E-state index in [1.807, 2.05) is 37.3 Å². The molecule has 1 atom stereocenters. The van der Waals surface area contributed by atoms with E-state index in [0.717, 1.165) is 5.56 Å². The Kier molecular flexibility index (Phi) is 10.3. The van der Waals surface area contributed by atoms with Crippen molar-refractivity contribution in [2.24, 2.45) is 0 Å². The van der Waals surface area contributed by atoms with Crippen molar-refractivity contribution in [3.8, 4) is 11.5 Å². The van der Waals surface area contributed by atoms with Crippen LogP contribution in [0.4, 0.5) is 15.3 Å². The molecule has 0 spiro atoms. The Morgan fingerprint density at radius 3 is 2.37 bits per heavy atom. The maximum Gasteiger partial charge on any atom is 0.410 e. The molecule has 0 unspecified atom stereocenters. The van der Waals surface area contributed by atoms with Gasteiger partial charge in [0.15, 0.2) is 9.84 Å². The number of piperidine rings is 1. The zero-order valence-corrected chi connectivity index (χ0v) is 30.9. The number of likely N-dealkylation sites (tertiary alicyclic amines) is 1. The van der Waals surface area contributed by atoms with Gasteiger partial charge in [0.05, 0.1) is 22.9 Å². The van der Waals surface area contributed by atoms with Gasteiger partial charge in [-0.1, -0.05) is 61.0 Å². The average molecular weight is 750 g/mol. The summed E-state index contributed by atoms with van der Waals surface area (Å²) in [5.41, 5.74) is 0.662. The van der Waals surface area contributed by atoms with Crippen LogP contribution in [0.1, 0.15) is 57.6 Å². The highest BCUT2D eigenvalue weighted by Crippen LogP contribution is 2.38. The molecule has 13 nitrogen and oxygen atoms in total. The van der Waals surface area contributed by atoms with Crippen molar-refractivity contribution in [2.75, 3.05) is 23.7 Å². The Bertz CT molecular complexity index is 2060. The Hall–Kier alpha value is -4.95. The van der Waals surface area contributed by atoms with Crippen molar-refractivity contribution >= 4 is 45.2 Å². The van der Waals surface area contributed by atoms with Crippen LogP contribution in [-0.2, 0) is 42.7 Å². The number of ether oxygens (including phenoxy) is 2. The van der Waals surface area contributed by atoms with Gasteiger partial charge in [-0.3, -0.25) is 4.79 Å². The molecule has 3 heterocycles. The fourth-order valence-corrected chi connectivity index (χ4v) is 7.82. The molecule has 6 rings (SSSR count). The van der Waals surface area contributed by atoms with Crippen molar-refractivity contribution < 1.29 is 36.7 Å². The monoisotopic (exact) mass is 749 g/mol. The highest BCUT2D eigenvalue weighted by molar-refractivity contribution is 7.91. The van der Waals surface area contributed by atoms with Crippen LogP contribution in [0.2, 0.25) is 5.02 Å². The highest BCUT2D eigenvalue weighted by atomic mass is 35.5.